The van der Waals surface area contributed by atoms with E-state index in [2.05, 4.69) is 10.0 Å². The number of hydrogen-bond acceptors (Lipinski definition) is 5. The van der Waals surface area contributed by atoms with Crippen molar-refractivity contribution >= 4 is 44.2 Å². The van der Waals surface area contributed by atoms with Crippen LogP contribution in [-0.2, 0) is 10.0 Å². The molecule has 156 valence electrons. The first-order chi connectivity index (χ1) is 14.9. The number of primary amides is 1. The number of hydrogen-bond donors (Lipinski definition) is 3. The summed E-state index contributed by atoms with van der Waals surface area (Å²) < 4.78 is 33.3. The number of nitrogens with one attached hydrogen (secondary N) is 2. The van der Waals surface area contributed by atoms with Crippen molar-refractivity contribution in [3.05, 3.63) is 90.2 Å². The van der Waals surface area contributed by atoms with Crippen molar-refractivity contribution in [3.8, 4) is 0 Å². The molecule has 3 aromatic carbocycles. The molecule has 0 aliphatic rings. The maximum Gasteiger partial charge on any atom is 0.286 e. The number of furan rings is 1. The van der Waals surface area contributed by atoms with Gasteiger partial charge in [0.05, 0.1) is 16.1 Å². The Hall–Kier alpha value is -4.11. The molecule has 0 unspecified atom stereocenters. The van der Waals surface area contributed by atoms with Gasteiger partial charge in [0.25, 0.3) is 21.8 Å². The van der Waals surface area contributed by atoms with E-state index in [0.29, 0.717) is 11.0 Å². The SMILES string of the molecule is NC(=O)c1oc2ccccc2c1NC(=O)c1ccccc1NS(=O)(=O)c1ccccc1. The molecule has 0 spiro atoms. The van der Waals surface area contributed by atoms with Gasteiger partial charge in [-0.15, -0.1) is 0 Å². The molecule has 0 saturated heterocycles. The quantitative estimate of drug-likeness (QED) is 0.426. The molecule has 1 aromatic heterocycles. The third-order valence-corrected chi connectivity index (χ3v) is 5.91. The molecule has 4 N–H and O–H groups in total. The van der Waals surface area contributed by atoms with E-state index in [9.17, 15) is 18.0 Å². The number of para-hydroxylation sites is 2. The summed E-state index contributed by atoms with van der Waals surface area (Å²) in [6.45, 7) is 0. The minimum Gasteiger partial charge on any atom is -0.449 e. The van der Waals surface area contributed by atoms with Crippen LogP contribution in [0.1, 0.15) is 20.9 Å². The van der Waals surface area contributed by atoms with Gasteiger partial charge in [0, 0.05) is 5.39 Å². The van der Waals surface area contributed by atoms with Crippen molar-refractivity contribution in [2.75, 3.05) is 10.0 Å². The summed E-state index contributed by atoms with van der Waals surface area (Å²) in [7, 11) is -3.91. The van der Waals surface area contributed by atoms with E-state index in [0.717, 1.165) is 0 Å². The first kappa shape index (κ1) is 20.2. The van der Waals surface area contributed by atoms with Crippen LogP contribution in [0.2, 0.25) is 0 Å². The number of fused-ring (bicyclic) bond motifs is 1. The second-order valence-corrected chi connectivity index (χ2v) is 8.27. The third kappa shape index (κ3) is 3.99. The van der Waals surface area contributed by atoms with Crippen LogP contribution in [0, 0.1) is 0 Å². The van der Waals surface area contributed by atoms with Gasteiger partial charge >= 0.3 is 0 Å². The average molecular weight is 435 g/mol. The highest BCUT2D eigenvalue weighted by atomic mass is 32.2. The van der Waals surface area contributed by atoms with Gasteiger partial charge in [0.15, 0.2) is 0 Å². The number of rotatable bonds is 6. The van der Waals surface area contributed by atoms with Gasteiger partial charge in [-0.1, -0.05) is 42.5 Å². The van der Waals surface area contributed by atoms with E-state index < -0.39 is 21.8 Å². The lowest BCUT2D eigenvalue weighted by molar-refractivity contribution is 0.0977. The number of amides is 2. The van der Waals surface area contributed by atoms with Crippen molar-refractivity contribution in [2.45, 2.75) is 4.90 Å². The van der Waals surface area contributed by atoms with Crippen LogP contribution in [0.25, 0.3) is 11.0 Å². The van der Waals surface area contributed by atoms with E-state index in [-0.39, 0.29) is 27.6 Å². The molecule has 0 bridgehead atoms. The van der Waals surface area contributed by atoms with Crippen LogP contribution in [0.4, 0.5) is 11.4 Å². The molecular formula is C22H17N3O5S. The Balaban J connectivity index is 1.70. The largest absolute Gasteiger partial charge is 0.449 e. The first-order valence-corrected chi connectivity index (χ1v) is 10.6. The first-order valence-electron chi connectivity index (χ1n) is 9.16. The molecule has 0 radical (unpaired) electrons. The van der Waals surface area contributed by atoms with Crippen LogP contribution >= 0.6 is 0 Å². The fourth-order valence-electron chi connectivity index (χ4n) is 3.10. The standard InChI is InChI=1S/C22H17N3O5S/c23-21(26)20-19(16-11-5-7-13-18(16)30-20)24-22(27)15-10-4-6-12-17(15)25-31(28,29)14-8-2-1-3-9-14/h1-13,25H,(H2,23,26)(H,24,27). The number of carbonyl (C=O) groups excluding carboxylic acids is 2. The lowest BCUT2D eigenvalue weighted by atomic mass is 10.1. The highest BCUT2D eigenvalue weighted by molar-refractivity contribution is 7.92. The second kappa shape index (κ2) is 7.96. The van der Waals surface area contributed by atoms with Gasteiger partial charge in [-0.2, -0.15) is 0 Å². The van der Waals surface area contributed by atoms with Crippen LogP contribution in [0.15, 0.2) is 88.2 Å². The van der Waals surface area contributed by atoms with Gasteiger partial charge in [-0.05, 0) is 36.4 Å². The van der Waals surface area contributed by atoms with Crippen molar-refractivity contribution in [3.63, 3.8) is 0 Å². The maximum atomic E-state index is 13.0. The van der Waals surface area contributed by atoms with E-state index in [1.807, 2.05) is 0 Å². The van der Waals surface area contributed by atoms with E-state index in [1.54, 1.807) is 54.6 Å². The lowest BCUT2D eigenvalue weighted by Gasteiger charge is -2.13. The van der Waals surface area contributed by atoms with Crippen LogP contribution in [-0.4, -0.2) is 20.2 Å². The van der Waals surface area contributed by atoms with Gasteiger partial charge in [0.2, 0.25) is 5.76 Å². The van der Waals surface area contributed by atoms with Gasteiger partial charge < -0.3 is 15.5 Å². The molecule has 0 atom stereocenters. The summed E-state index contributed by atoms with van der Waals surface area (Å²) in [5.41, 5.74) is 6.03. The second-order valence-electron chi connectivity index (χ2n) is 6.58. The number of anilines is 2. The van der Waals surface area contributed by atoms with Crippen LogP contribution in [0.3, 0.4) is 0 Å². The van der Waals surface area contributed by atoms with Crippen LogP contribution < -0.4 is 15.8 Å². The minimum absolute atomic E-state index is 0.0575. The summed E-state index contributed by atoms with van der Waals surface area (Å²) in [4.78, 5) is 24.9. The normalized spacial score (nSPS) is 11.2. The number of nitrogens with two attached hydrogens (primary N) is 1. The molecule has 0 saturated carbocycles. The minimum atomic E-state index is -3.91. The summed E-state index contributed by atoms with van der Waals surface area (Å²) in [6, 6.07) is 20.7. The Morgan fingerprint density at radius 1 is 0.839 bits per heavy atom. The lowest BCUT2D eigenvalue weighted by Crippen LogP contribution is -2.20. The van der Waals surface area contributed by atoms with Crippen molar-refractivity contribution in [2.24, 2.45) is 5.73 Å². The average Bonchev–Trinajstić information content (AvgIpc) is 3.13. The van der Waals surface area contributed by atoms with Crippen molar-refractivity contribution < 1.29 is 22.4 Å². The summed E-state index contributed by atoms with van der Waals surface area (Å²) in [5, 5.41) is 3.12. The predicted octanol–water partition coefficient (Wildman–Crippen LogP) is 3.58. The molecule has 1 heterocycles. The molecule has 4 rings (SSSR count). The Bertz CT molecular complexity index is 1400. The van der Waals surface area contributed by atoms with Gasteiger partial charge in [-0.25, -0.2) is 8.42 Å². The molecule has 0 aliphatic carbocycles. The van der Waals surface area contributed by atoms with Gasteiger partial charge in [-0.3, -0.25) is 14.3 Å². The molecule has 4 aromatic rings. The molecule has 0 fully saturated rings. The summed E-state index contributed by atoms with van der Waals surface area (Å²) >= 11 is 0. The zero-order valence-corrected chi connectivity index (χ0v) is 16.8. The number of benzene rings is 3. The Morgan fingerprint density at radius 2 is 1.48 bits per heavy atom. The molecule has 9 heteroatoms. The monoisotopic (exact) mass is 435 g/mol. The van der Waals surface area contributed by atoms with E-state index in [1.165, 1.54) is 24.3 Å². The molecule has 2 amide bonds. The maximum absolute atomic E-state index is 13.0. The predicted molar refractivity (Wildman–Crippen MR) is 116 cm³/mol. The molecule has 31 heavy (non-hydrogen) atoms. The van der Waals surface area contributed by atoms with Gasteiger partial charge in [0.1, 0.15) is 11.3 Å². The van der Waals surface area contributed by atoms with E-state index >= 15 is 0 Å². The molecular weight excluding hydrogens is 418 g/mol. The highest BCUT2D eigenvalue weighted by Gasteiger charge is 2.23. The zero-order valence-electron chi connectivity index (χ0n) is 16.0. The highest BCUT2D eigenvalue weighted by Crippen LogP contribution is 2.31. The fourth-order valence-corrected chi connectivity index (χ4v) is 4.20. The number of carbonyl (C=O) groups is 2. The fraction of sp³-hybridized carbons (Fsp3) is 0. The Kier molecular flexibility index (Phi) is 5.18. The zero-order chi connectivity index (χ0) is 22.0. The summed E-state index contributed by atoms with van der Waals surface area (Å²) in [6.07, 6.45) is 0. The van der Waals surface area contributed by atoms with Crippen LogP contribution in [0.5, 0.6) is 0 Å². The Morgan fingerprint density at radius 3 is 2.23 bits per heavy atom. The molecule has 0 aliphatic heterocycles. The Labute approximate surface area is 177 Å². The van der Waals surface area contributed by atoms with Crippen molar-refractivity contribution in [1.82, 2.24) is 0 Å². The topological polar surface area (TPSA) is 132 Å². The molecule has 8 nitrogen and oxygen atoms in total. The third-order valence-electron chi connectivity index (χ3n) is 4.53. The van der Waals surface area contributed by atoms with Crippen molar-refractivity contribution in [1.29, 1.82) is 0 Å². The number of sulfonamides is 1. The summed E-state index contributed by atoms with van der Waals surface area (Å²) in [5.74, 6) is -1.68. The smallest absolute Gasteiger partial charge is 0.286 e. The van der Waals surface area contributed by atoms with E-state index in [4.69, 9.17) is 10.2 Å².